The monoisotopic (exact) mass is 183 g/mol. The molecular formula is C9H17N3O. The summed E-state index contributed by atoms with van der Waals surface area (Å²) in [6.07, 6.45) is 3.97. The van der Waals surface area contributed by atoms with Gasteiger partial charge in [0.1, 0.15) is 0 Å². The van der Waals surface area contributed by atoms with Crippen molar-refractivity contribution in [3.05, 3.63) is 0 Å². The molecule has 0 spiro atoms. The highest BCUT2D eigenvalue weighted by Crippen LogP contribution is 2.07. The fraction of sp³-hybridized carbons (Fsp3) is 0.778. The zero-order chi connectivity index (χ0) is 9.68. The van der Waals surface area contributed by atoms with Crippen molar-refractivity contribution in [3.8, 4) is 0 Å². The molecule has 74 valence electrons. The van der Waals surface area contributed by atoms with Gasteiger partial charge in [-0.2, -0.15) is 0 Å². The molecule has 1 rings (SSSR count). The SMILES string of the molecule is C/N=C\N(C)CC(=O)N1CCCC1. The standard InChI is InChI=1S/C9H17N3O/c1-10-8-11(2)7-9(13)12-5-3-4-6-12/h8H,3-7H2,1-2H3/b10-8-. The van der Waals surface area contributed by atoms with E-state index in [2.05, 4.69) is 4.99 Å². The second-order valence-corrected chi connectivity index (χ2v) is 3.38. The molecular weight excluding hydrogens is 166 g/mol. The van der Waals surface area contributed by atoms with Crippen molar-refractivity contribution in [3.63, 3.8) is 0 Å². The van der Waals surface area contributed by atoms with Gasteiger partial charge in [0.15, 0.2) is 0 Å². The lowest BCUT2D eigenvalue weighted by Gasteiger charge is -2.19. The molecule has 0 N–H and O–H groups in total. The number of hydrogen-bond donors (Lipinski definition) is 0. The first-order valence-electron chi connectivity index (χ1n) is 4.64. The summed E-state index contributed by atoms with van der Waals surface area (Å²) in [4.78, 5) is 19.1. The number of likely N-dealkylation sites (N-methyl/N-ethyl adjacent to an activating group) is 1. The van der Waals surface area contributed by atoms with Crippen LogP contribution in [-0.2, 0) is 4.79 Å². The molecule has 13 heavy (non-hydrogen) atoms. The average Bonchev–Trinajstić information content (AvgIpc) is 2.55. The summed E-state index contributed by atoms with van der Waals surface area (Å²) in [5, 5.41) is 0. The van der Waals surface area contributed by atoms with E-state index in [1.165, 1.54) is 0 Å². The minimum Gasteiger partial charge on any atom is -0.357 e. The third-order valence-electron chi connectivity index (χ3n) is 2.16. The molecule has 0 saturated carbocycles. The number of likely N-dealkylation sites (tertiary alicyclic amines) is 1. The van der Waals surface area contributed by atoms with Crippen molar-refractivity contribution in [1.82, 2.24) is 9.80 Å². The molecule has 4 heteroatoms. The second kappa shape index (κ2) is 4.84. The van der Waals surface area contributed by atoms with Crippen LogP contribution in [0.4, 0.5) is 0 Å². The molecule has 1 fully saturated rings. The molecule has 0 bridgehead atoms. The smallest absolute Gasteiger partial charge is 0.242 e. The summed E-state index contributed by atoms with van der Waals surface area (Å²) in [6.45, 7) is 2.29. The Morgan fingerprint density at radius 3 is 2.69 bits per heavy atom. The average molecular weight is 183 g/mol. The van der Waals surface area contributed by atoms with E-state index in [1.807, 2.05) is 11.9 Å². The van der Waals surface area contributed by atoms with Gasteiger partial charge in [0.25, 0.3) is 0 Å². The highest BCUT2D eigenvalue weighted by molar-refractivity contribution is 5.80. The molecule has 0 aromatic heterocycles. The van der Waals surface area contributed by atoms with Crippen molar-refractivity contribution in [2.75, 3.05) is 33.7 Å². The van der Waals surface area contributed by atoms with Crippen LogP contribution in [0.1, 0.15) is 12.8 Å². The first-order chi connectivity index (χ1) is 6.24. The van der Waals surface area contributed by atoms with E-state index < -0.39 is 0 Å². The third-order valence-corrected chi connectivity index (χ3v) is 2.16. The maximum atomic E-state index is 11.6. The van der Waals surface area contributed by atoms with E-state index >= 15 is 0 Å². The summed E-state index contributed by atoms with van der Waals surface area (Å²) >= 11 is 0. The van der Waals surface area contributed by atoms with Gasteiger partial charge in [0, 0.05) is 27.2 Å². The first-order valence-corrected chi connectivity index (χ1v) is 4.64. The van der Waals surface area contributed by atoms with Crippen LogP contribution in [0.5, 0.6) is 0 Å². The van der Waals surface area contributed by atoms with Crippen LogP contribution < -0.4 is 0 Å². The van der Waals surface area contributed by atoms with Gasteiger partial charge in [-0.1, -0.05) is 0 Å². The van der Waals surface area contributed by atoms with E-state index in [4.69, 9.17) is 0 Å². The minimum absolute atomic E-state index is 0.208. The Morgan fingerprint density at radius 1 is 1.54 bits per heavy atom. The highest BCUT2D eigenvalue weighted by Gasteiger charge is 2.17. The predicted molar refractivity (Wildman–Crippen MR) is 52.9 cm³/mol. The van der Waals surface area contributed by atoms with Crippen LogP contribution in [0.3, 0.4) is 0 Å². The molecule has 4 nitrogen and oxygen atoms in total. The summed E-state index contributed by atoms with van der Waals surface area (Å²) in [5.41, 5.74) is 0. The second-order valence-electron chi connectivity index (χ2n) is 3.38. The topological polar surface area (TPSA) is 35.9 Å². The lowest BCUT2D eigenvalue weighted by atomic mass is 10.4. The molecule has 0 atom stereocenters. The number of hydrogen-bond acceptors (Lipinski definition) is 2. The molecule has 1 heterocycles. The third kappa shape index (κ3) is 3.05. The van der Waals surface area contributed by atoms with Gasteiger partial charge in [0.05, 0.1) is 12.9 Å². The quantitative estimate of drug-likeness (QED) is 0.463. The molecule has 1 aliphatic heterocycles. The Hall–Kier alpha value is -1.06. The normalized spacial score (nSPS) is 16.9. The Bertz CT molecular complexity index is 197. The van der Waals surface area contributed by atoms with Gasteiger partial charge in [0.2, 0.25) is 5.91 Å². The van der Waals surface area contributed by atoms with Gasteiger partial charge in [-0.05, 0) is 12.8 Å². The molecule has 1 amide bonds. The number of amides is 1. The van der Waals surface area contributed by atoms with E-state index in [1.54, 1.807) is 18.3 Å². The fourth-order valence-corrected chi connectivity index (χ4v) is 1.52. The van der Waals surface area contributed by atoms with Gasteiger partial charge in [-0.3, -0.25) is 9.79 Å². The molecule has 0 aromatic carbocycles. The Labute approximate surface area is 79.2 Å². The van der Waals surface area contributed by atoms with Crippen molar-refractivity contribution >= 4 is 12.2 Å². The van der Waals surface area contributed by atoms with Crippen molar-refractivity contribution < 1.29 is 4.79 Å². The van der Waals surface area contributed by atoms with Gasteiger partial charge >= 0.3 is 0 Å². The summed E-state index contributed by atoms with van der Waals surface area (Å²) in [6, 6.07) is 0. The highest BCUT2D eigenvalue weighted by atomic mass is 16.2. The zero-order valence-electron chi connectivity index (χ0n) is 8.36. The first kappa shape index (κ1) is 10.0. The number of carbonyl (C=O) groups is 1. The maximum absolute atomic E-state index is 11.6. The number of carbonyl (C=O) groups excluding carboxylic acids is 1. The summed E-state index contributed by atoms with van der Waals surface area (Å²) in [5.74, 6) is 0.208. The number of nitrogens with zero attached hydrogens (tertiary/aromatic N) is 3. The Morgan fingerprint density at radius 2 is 2.15 bits per heavy atom. The fourth-order valence-electron chi connectivity index (χ4n) is 1.52. The van der Waals surface area contributed by atoms with E-state index in [9.17, 15) is 4.79 Å². The van der Waals surface area contributed by atoms with Gasteiger partial charge < -0.3 is 9.80 Å². The maximum Gasteiger partial charge on any atom is 0.242 e. The molecule has 0 aliphatic carbocycles. The lowest BCUT2D eigenvalue weighted by Crippen LogP contribution is -2.36. The largest absolute Gasteiger partial charge is 0.357 e. The summed E-state index contributed by atoms with van der Waals surface area (Å²) in [7, 11) is 3.57. The molecule has 0 radical (unpaired) electrons. The van der Waals surface area contributed by atoms with Crippen LogP contribution in [0.15, 0.2) is 4.99 Å². The van der Waals surface area contributed by atoms with E-state index in [0.29, 0.717) is 6.54 Å². The lowest BCUT2D eigenvalue weighted by molar-refractivity contribution is -0.130. The Balaban J connectivity index is 2.31. The van der Waals surface area contributed by atoms with Crippen molar-refractivity contribution in [1.29, 1.82) is 0 Å². The predicted octanol–water partition coefficient (Wildman–Crippen LogP) is 0.199. The molecule has 1 saturated heterocycles. The number of rotatable bonds is 3. The molecule has 0 unspecified atom stereocenters. The van der Waals surface area contributed by atoms with E-state index in [-0.39, 0.29) is 5.91 Å². The van der Waals surface area contributed by atoms with Crippen LogP contribution in [0, 0.1) is 0 Å². The van der Waals surface area contributed by atoms with Crippen LogP contribution >= 0.6 is 0 Å². The van der Waals surface area contributed by atoms with Gasteiger partial charge in [-0.25, -0.2) is 0 Å². The Kier molecular flexibility index (Phi) is 3.73. The van der Waals surface area contributed by atoms with E-state index in [0.717, 1.165) is 25.9 Å². The van der Waals surface area contributed by atoms with Crippen LogP contribution in [-0.4, -0.2) is 55.8 Å². The van der Waals surface area contributed by atoms with Crippen LogP contribution in [0.25, 0.3) is 0 Å². The van der Waals surface area contributed by atoms with Crippen LogP contribution in [0.2, 0.25) is 0 Å². The van der Waals surface area contributed by atoms with Gasteiger partial charge in [-0.15, -0.1) is 0 Å². The minimum atomic E-state index is 0.208. The number of aliphatic imine (C=N–C) groups is 1. The molecule has 1 aliphatic rings. The summed E-state index contributed by atoms with van der Waals surface area (Å²) < 4.78 is 0. The van der Waals surface area contributed by atoms with Crippen molar-refractivity contribution in [2.24, 2.45) is 4.99 Å². The van der Waals surface area contributed by atoms with Crippen molar-refractivity contribution in [2.45, 2.75) is 12.8 Å². The zero-order valence-corrected chi connectivity index (χ0v) is 8.36. The molecule has 0 aromatic rings.